The number of nitrogens with zero attached hydrogens (tertiary/aromatic N) is 1. The molecule has 1 heterocycles. The lowest BCUT2D eigenvalue weighted by Gasteiger charge is -2.14. The Morgan fingerprint density at radius 2 is 2.00 bits per heavy atom. The van der Waals surface area contributed by atoms with Gasteiger partial charge in [-0.25, -0.2) is 0 Å². The zero-order chi connectivity index (χ0) is 13.9. The van der Waals surface area contributed by atoms with Gasteiger partial charge < -0.3 is 4.90 Å². The van der Waals surface area contributed by atoms with E-state index in [0.717, 1.165) is 36.5 Å². The van der Waals surface area contributed by atoms with Crippen LogP contribution in [-0.4, -0.2) is 30.3 Å². The highest BCUT2D eigenvalue weighted by Gasteiger charge is 2.19. The zero-order valence-corrected chi connectivity index (χ0v) is 12.0. The molecule has 1 aliphatic rings. The van der Waals surface area contributed by atoms with Crippen LogP contribution in [0, 0.1) is 5.92 Å². The van der Waals surface area contributed by atoms with Crippen LogP contribution < -0.4 is 0 Å². The van der Waals surface area contributed by atoms with Gasteiger partial charge in [-0.05, 0) is 35.7 Å². The summed E-state index contributed by atoms with van der Waals surface area (Å²) in [5, 5.41) is 2.34. The predicted octanol–water partition coefficient (Wildman–Crippen LogP) is 3.75. The molecular weight excluding hydrogens is 246 g/mol. The topological polar surface area (TPSA) is 20.3 Å². The number of hydrogen-bond acceptors (Lipinski definition) is 2. The number of carbonyl (C=O) groups excluding carboxylic acids is 1. The lowest BCUT2D eigenvalue weighted by molar-refractivity contribution is 0.0968. The highest BCUT2D eigenvalue weighted by molar-refractivity contribution is 6.00. The van der Waals surface area contributed by atoms with Crippen molar-refractivity contribution in [2.75, 3.05) is 19.6 Å². The molecular formula is C18H21NO. The molecule has 2 aromatic rings. The first-order valence-corrected chi connectivity index (χ1v) is 7.47. The maximum absolute atomic E-state index is 12.3. The van der Waals surface area contributed by atoms with Crippen LogP contribution in [0.25, 0.3) is 10.8 Å². The van der Waals surface area contributed by atoms with Gasteiger partial charge in [0.1, 0.15) is 0 Å². The minimum Gasteiger partial charge on any atom is -0.303 e. The molecule has 0 bridgehead atoms. The Kier molecular flexibility index (Phi) is 3.83. The van der Waals surface area contributed by atoms with Crippen LogP contribution in [-0.2, 0) is 0 Å². The van der Waals surface area contributed by atoms with Crippen LogP contribution in [0.2, 0.25) is 0 Å². The number of rotatable bonds is 4. The lowest BCUT2D eigenvalue weighted by Crippen LogP contribution is -2.23. The van der Waals surface area contributed by atoms with Crippen LogP contribution in [0.1, 0.15) is 30.1 Å². The van der Waals surface area contributed by atoms with Crippen molar-refractivity contribution in [2.24, 2.45) is 5.92 Å². The van der Waals surface area contributed by atoms with Gasteiger partial charge in [-0.3, -0.25) is 4.79 Å². The van der Waals surface area contributed by atoms with E-state index in [4.69, 9.17) is 0 Å². The molecule has 1 aliphatic heterocycles. The molecule has 1 atom stereocenters. The monoisotopic (exact) mass is 267 g/mol. The molecule has 1 saturated heterocycles. The normalized spacial score (nSPS) is 19.6. The zero-order valence-electron chi connectivity index (χ0n) is 12.0. The number of carbonyl (C=O) groups is 1. The second kappa shape index (κ2) is 5.76. The van der Waals surface area contributed by atoms with Crippen molar-refractivity contribution in [1.29, 1.82) is 0 Å². The molecule has 0 N–H and O–H groups in total. The number of likely N-dealkylation sites (tertiary alicyclic amines) is 1. The molecule has 104 valence electrons. The van der Waals surface area contributed by atoms with Gasteiger partial charge in [0.15, 0.2) is 5.78 Å². The Morgan fingerprint density at radius 3 is 2.75 bits per heavy atom. The Hall–Kier alpha value is -1.67. The minimum absolute atomic E-state index is 0.260. The van der Waals surface area contributed by atoms with Gasteiger partial charge in [0, 0.05) is 25.1 Å². The first kappa shape index (κ1) is 13.3. The van der Waals surface area contributed by atoms with E-state index in [0.29, 0.717) is 6.42 Å². The van der Waals surface area contributed by atoms with Crippen LogP contribution in [0.15, 0.2) is 42.5 Å². The van der Waals surface area contributed by atoms with E-state index in [2.05, 4.69) is 24.0 Å². The largest absolute Gasteiger partial charge is 0.303 e. The Bertz CT molecular complexity index is 620. The quantitative estimate of drug-likeness (QED) is 0.786. The van der Waals surface area contributed by atoms with Gasteiger partial charge >= 0.3 is 0 Å². The summed E-state index contributed by atoms with van der Waals surface area (Å²) < 4.78 is 0. The van der Waals surface area contributed by atoms with Gasteiger partial charge in [0.2, 0.25) is 0 Å². The summed E-state index contributed by atoms with van der Waals surface area (Å²) in [5.74, 6) is 1.04. The molecule has 0 aromatic heterocycles. The molecule has 1 unspecified atom stereocenters. The van der Waals surface area contributed by atoms with E-state index >= 15 is 0 Å². The van der Waals surface area contributed by atoms with E-state index in [1.807, 2.05) is 30.3 Å². The van der Waals surface area contributed by atoms with E-state index in [9.17, 15) is 4.79 Å². The third-order valence-electron chi connectivity index (χ3n) is 4.23. The average molecular weight is 267 g/mol. The molecule has 0 aliphatic carbocycles. The SMILES string of the molecule is CC1CCN(CCC(=O)c2ccc3ccccc3c2)C1. The number of benzene rings is 2. The highest BCUT2D eigenvalue weighted by Crippen LogP contribution is 2.18. The number of Topliss-reactive ketones (excluding diaryl/α,β-unsaturated/α-hetero) is 1. The summed E-state index contributed by atoms with van der Waals surface area (Å²) >= 11 is 0. The van der Waals surface area contributed by atoms with Gasteiger partial charge in [0.25, 0.3) is 0 Å². The molecule has 2 heteroatoms. The molecule has 1 fully saturated rings. The average Bonchev–Trinajstić information content (AvgIpc) is 2.90. The van der Waals surface area contributed by atoms with Crippen molar-refractivity contribution in [1.82, 2.24) is 4.90 Å². The van der Waals surface area contributed by atoms with E-state index < -0.39 is 0 Å². The first-order valence-electron chi connectivity index (χ1n) is 7.47. The summed E-state index contributed by atoms with van der Waals surface area (Å²) in [6.07, 6.45) is 1.90. The molecule has 2 nitrogen and oxygen atoms in total. The summed E-state index contributed by atoms with van der Waals surface area (Å²) in [5.41, 5.74) is 0.843. The van der Waals surface area contributed by atoms with E-state index in [1.165, 1.54) is 11.8 Å². The summed E-state index contributed by atoms with van der Waals surface area (Å²) in [6, 6.07) is 14.2. The summed E-state index contributed by atoms with van der Waals surface area (Å²) in [7, 11) is 0. The predicted molar refractivity (Wildman–Crippen MR) is 83.1 cm³/mol. The Morgan fingerprint density at radius 1 is 1.20 bits per heavy atom. The molecule has 2 aromatic carbocycles. The van der Waals surface area contributed by atoms with E-state index in [-0.39, 0.29) is 5.78 Å². The van der Waals surface area contributed by atoms with Crippen LogP contribution in [0.3, 0.4) is 0 Å². The number of hydrogen-bond donors (Lipinski definition) is 0. The second-order valence-electron chi connectivity index (χ2n) is 5.93. The van der Waals surface area contributed by atoms with Crippen LogP contribution >= 0.6 is 0 Å². The Balaban J connectivity index is 1.66. The third-order valence-corrected chi connectivity index (χ3v) is 4.23. The third kappa shape index (κ3) is 2.91. The van der Waals surface area contributed by atoms with Crippen molar-refractivity contribution < 1.29 is 4.79 Å². The first-order chi connectivity index (χ1) is 9.72. The minimum atomic E-state index is 0.260. The fourth-order valence-electron chi connectivity index (χ4n) is 3.00. The van der Waals surface area contributed by atoms with E-state index in [1.54, 1.807) is 0 Å². The van der Waals surface area contributed by atoms with Gasteiger partial charge in [-0.1, -0.05) is 43.3 Å². The van der Waals surface area contributed by atoms with Crippen molar-refractivity contribution in [2.45, 2.75) is 19.8 Å². The smallest absolute Gasteiger partial charge is 0.164 e. The lowest BCUT2D eigenvalue weighted by atomic mass is 10.0. The second-order valence-corrected chi connectivity index (χ2v) is 5.93. The molecule has 0 saturated carbocycles. The highest BCUT2D eigenvalue weighted by atomic mass is 16.1. The Labute approximate surface area is 120 Å². The maximum Gasteiger partial charge on any atom is 0.164 e. The number of ketones is 1. The van der Waals surface area contributed by atoms with Crippen molar-refractivity contribution >= 4 is 16.6 Å². The summed E-state index contributed by atoms with van der Waals surface area (Å²) in [6.45, 7) is 5.47. The summed E-state index contributed by atoms with van der Waals surface area (Å²) in [4.78, 5) is 14.7. The van der Waals surface area contributed by atoms with Gasteiger partial charge in [-0.2, -0.15) is 0 Å². The fraction of sp³-hybridized carbons (Fsp3) is 0.389. The fourth-order valence-corrected chi connectivity index (χ4v) is 3.00. The van der Waals surface area contributed by atoms with Crippen LogP contribution in [0.4, 0.5) is 0 Å². The molecule has 0 amide bonds. The van der Waals surface area contributed by atoms with Gasteiger partial charge in [-0.15, -0.1) is 0 Å². The molecule has 0 radical (unpaired) electrons. The van der Waals surface area contributed by atoms with Crippen molar-refractivity contribution in [3.8, 4) is 0 Å². The molecule has 0 spiro atoms. The van der Waals surface area contributed by atoms with Crippen molar-refractivity contribution in [3.05, 3.63) is 48.0 Å². The van der Waals surface area contributed by atoms with Crippen LogP contribution in [0.5, 0.6) is 0 Å². The number of fused-ring (bicyclic) bond motifs is 1. The van der Waals surface area contributed by atoms with Gasteiger partial charge in [0.05, 0.1) is 0 Å². The molecule has 20 heavy (non-hydrogen) atoms. The molecule has 3 rings (SSSR count). The maximum atomic E-state index is 12.3. The van der Waals surface area contributed by atoms with Crippen molar-refractivity contribution in [3.63, 3.8) is 0 Å². The standard InChI is InChI=1S/C18H21NO/c1-14-8-10-19(13-14)11-9-18(20)17-7-6-15-4-2-3-5-16(15)12-17/h2-7,12,14H,8-11,13H2,1H3.